The van der Waals surface area contributed by atoms with Gasteiger partial charge in [-0.2, -0.15) is 0 Å². The van der Waals surface area contributed by atoms with Gasteiger partial charge >= 0.3 is 0 Å². The van der Waals surface area contributed by atoms with Crippen LogP contribution in [0.4, 0.5) is 0 Å². The van der Waals surface area contributed by atoms with Crippen LogP contribution in [0.25, 0.3) is 0 Å². The molecule has 1 atom stereocenters. The van der Waals surface area contributed by atoms with Crippen LogP contribution in [-0.2, 0) is 0 Å². The van der Waals surface area contributed by atoms with Gasteiger partial charge in [-0.3, -0.25) is 0 Å². The zero-order chi connectivity index (χ0) is 13.0. The molecule has 0 aliphatic heterocycles. The van der Waals surface area contributed by atoms with E-state index in [1.165, 1.54) is 17.3 Å². The van der Waals surface area contributed by atoms with Gasteiger partial charge in [0, 0.05) is 16.9 Å². The highest BCUT2D eigenvalue weighted by Gasteiger charge is 2.21. The predicted octanol–water partition coefficient (Wildman–Crippen LogP) is 3.06. The Kier molecular flexibility index (Phi) is 5.02. The van der Waals surface area contributed by atoms with Gasteiger partial charge < -0.3 is 10.7 Å². The number of halogens is 1. The lowest BCUT2D eigenvalue weighted by atomic mass is 9.92. The van der Waals surface area contributed by atoms with E-state index in [1.54, 1.807) is 11.2 Å². The first-order valence-electron chi connectivity index (χ1n) is 5.64. The van der Waals surface area contributed by atoms with Gasteiger partial charge in [0.15, 0.2) is 0 Å². The second-order valence-electron chi connectivity index (χ2n) is 4.48. The fraction of sp³-hybridized carbons (Fsp3) is 0.385. The molecule has 4 heteroatoms. The van der Waals surface area contributed by atoms with Gasteiger partial charge in [0.2, 0.25) is 0 Å². The smallest absolute Gasteiger partial charge is 0.0721 e. The molecule has 17 heavy (non-hydrogen) atoms. The van der Waals surface area contributed by atoms with Crippen molar-refractivity contribution in [1.82, 2.24) is 5.01 Å². The average Bonchev–Trinajstić information content (AvgIpc) is 2.21. The van der Waals surface area contributed by atoms with Crippen LogP contribution in [0.15, 0.2) is 35.1 Å². The van der Waals surface area contributed by atoms with Gasteiger partial charge in [0.25, 0.3) is 0 Å². The number of hydrogen-bond donors (Lipinski definition) is 2. The van der Waals surface area contributed by atoms with Crippen LogP contribution >= 0.6 is 15.9 Å². The Bertz CT molecular complexity index is 402. The van der Waals surface area contributed by atoms with Crippen molar-refractivity contribution in [1.29, 1.82) is 0 Å². The third-order valence-corrected chi connectivity index (χ3v) is 3.25. The zero-order valence-electron chi connectivity index (χ0n) is 10.5. The summed E-state index contributed by atoms with van der Waals surface area (Å²) in [6, 6.07) is 6.37. The number of benzene rings is 1. The van der Waals surface area contributed by atoms with Crippen molar-refractivity contribution in [2.24, 2.45) is 17.5 Å². The van der Waals surface area contributed by atoms with Crippen LogP contribution in [-0.4, -0.2) is 5.01 Å². The number of aryl methyl sites for hydroxylation is 1. The third-order valence-electron chi connectivity index (χ3n) is 2.76. The average molecular weight is 298 g/mol. The minimum absolute atomic E-state index is 0.128. The summed E-state index contributed by atoms with van der Waals surface area (Å²) >= 11 is 3.47. The van der Waals surface area contributed by atoms with Gasteiger partial charge in [-0.25, -0.2) is 5.84 Å². The van der Waals surface area contributed by atoms with Crippen LogP contribution < -0.4 is 11.6 Å². The summed E-state index contributed by atoms with van der Waals surface area (Å²) in [7, 11) is 0. The Balaban J connectivity index is 3.14. The van der Waals surface area contributed by atoms with Crippen molar-refractivity contribution in [3.05, 3.63) is 46.2 Å². The highest BCUT2D eigenvalue weighted by atomic mass is 79.9. The van der Waals surface area contributed by atoms with Crippen LogP contribution in [0.5, 0.6) is 0 Å². The number of nitrogens with zero attached hydrogens (tertiary/aromatic N) is 1. The summed E-state index contributed by atoms with van der Waals surface area (Å²) in [5.74, 6) is 6.42. The summed E-state index contributed by atoms with van der Waals surface area (Å²) in [6.45, 7) is 6.39. The van der Waals surface area contributed by atoms with Crippen molar-refractivity contribution >= 4 is 15.9 Å². The van der Waals surface area contributed by atoms with Gasteiger partial charge in [0.1, 0.15) is 0 Å². The van der Waals surface area contributed by atoms with Crippen LogP contribution in [0.3, 0.4) is 0 Å². The van der Waals surface area contributed by atoms with Gasteiger partial charge in [-0.05, 0) is 36.1 Å². The number of hydrogen-bond acceptors (Lipinski definition) is 3. The van der Waals surface area contributed by atoms with E-state index in [1.807, 2.05) is 6.07 Å². The maximum atomic E-state index is 6.02. The molecule has 1 rings (SSSR count). The van der Waals surface area contributed by atoms with Crippen molar-refractivity contribution in [2.45, 2.75) is 26.8 Å². The number of hydrazine groups is 1. The second-order valence-corrected chi connectivity index (χ2v) is 5.39. The first-order valence-corrected chi connectivity index (χ1v) is 6.44. The molecular formula is C13H20BrN3. The van der Waals surface area contributed by atoms with Crippen molar-refractivity contribution in [3.8, 4) is 0 Å². The molecule has 0 aliphatic rings. The predicted molar refractivity (Wildman–Crippen MR) is 75.8 cm³/mol. The minimum Gasteiger partial charge on any atom is -0.403 e. The molecule has 3 nitrogen and oxygen atoms in total. The van der Waals surface area contributed by atoms with Crippen LogP contribution in [0.1, 0.15) is 31.0 Å². The molecule has 94 valence electrons. The van der Waals surface area contributed by atoms with E-state index in [2.05, 4.69) is 48.8 Å². The highest BCUT2D eigenvalue weighted by molar-refractivity contribution is 9.10. The molecule has 1 aromatic rings. The van der Waals surface area contributed by atoms with Gasteiger partial charge in [0.05, 0.1) is 6.04 Å². The number of rotatable bonds is 4. The largest absolute Gasteiger partial charge is 0.403 e. The van der Waals surface area contributed by atoms with E-state index in [-0.39, 0.29) is 6.04 Å². The standard InChI is InChI=1S/C13H20BrN3/c1-9(2)13(17(16)7-6-15)12-5-4-11(14)8-10(12)3/h4-9,13H,15-16H2,1-3H3/b7-6-. The Hall–Kier alpha value is -1.00. The topological polar surface area (TPSA) is 55.3 Å². The normalized spacial score (nSPS) is 13.3. The molecule has 0 radical (unpaired) electrons. The summed E-state index contributed by atoms with van der Waals surface area (Å²) in [5, 5.41) is 1.67. The van der Waals surface area contributed by atoms with E-state index in [4.69, 9.17) is 11.6 Å². The van der Waals surface area contributed by atoms with E-state index in [9.17, 15) is 0 Å². The molecule has 4 N–H and O–H groups in total. The Morgan fingerprint density at radius 1 is 1.35 bits per heavy atom. The zero-order valence-corrected chi connectivity index (χ0v) is 12.1. The quantitative estimate of drug-likeness (QED) is 0.663. The van der Waals surface area contributed by atoms with Crippen LogP contribution in [0, 0.1) is 12.8 Å². The highest BCUT2D eigenvalue weighted by Crippen LogP contribution is 2.30. The maximum Gasteiger partial charge on any atom is 0.0721 e. The molecule has 0 fully saturated rings. The number of nitrogens with two attached hydrogens (primary N) is 2. The van der Waals surface area contributed by atoms with E-state index < -0.39 is 0 Å². The van der Waals surface area contributed by atoms with Crippen molar-refractivity contribution in [3.63, 3.8) is 0 Å². The fourth-order valence-corrected chi connectivity index (χ4v) is 2.50. The lowest BCUT2D eigenvalue weighted by Gasteiger charge is -2.31. The molecule has 1 aromatic carbocycles. The second kappa shape index (κ2) is 6.07. The van der Waals surface area contributed by atoms with E-state index >= 15 is 0 Å². The molecule has 0 bridgehead atoms. The van der Waals surface area contributed by atoms with E-state index in [0.717, 1.165) is 4.47 Å². The molecule has 0 aromatic heterocycles. The summed E-state index contributed by atoms with van der Waals surface area (Å²) in [4.78, 5) is 0. The Morgan fingerprint density at radius 2 is 2.00 bits per heavy atom. The SMILES string of the molecule is Cc1cc(Br)ccc1C(C(C)C)N(N)/C=C\N. The monoisotopic (exact) mass is 297 g/mol. The molecule has 0 amide bonds. The van der Waals surface area contributed by atoms with Gasteiger partial charge in [-0.15, -0.1) is 0 Å². The summed E-state index contributed by atoms with van der Waals surface area (Å²) in [5.41, 5.74) is 7.84. The molecule has 0 heterocycles. The molecular weight excluding hydrogens is 278 g/mol. The summed E-state index contributed by atoms with van der Waals surface area (Å²) < 4.78 is 1.08. The molecule has 0 spiro atoms. The minimum atomic E-state index is 0.128. The fourth-order valence-electron chi connectivity index (χ4n) is 2.03. The molecule has 0 aliphatic carbocycles. The molecule has 0 saturated carbocycles. The maximum absolute atomic E-state index is 6.02. The van der Waals surface area contributed by atoms with Crippen molar-refractivity contribution < 1.29 is 0 Å². The molecule has 1 unspecified atom stereocenters. The van der Waals surface area contributed by atoms with Gasteiger partial charge in [-0.1, -0.05) is 35.8 Å². The third kappa shape index (κ3) is 3.48. The first-order chi connectivity index (χ1) is 7.97. The lowest BCUT2D eigenvalue weighted by Crippen LogP contribution is -2.34. The van der Waals surface area contributed by atoms with Crippen LogP contribution in [0.2, 0.25) is 0 Å². The molecule has 0 saturated heterocycles. The first kappa shape index (κ1) is 14.1. The van der Waals surface area contributed by atoms with E-state index in [0.29, 0.717) is 5.92 Å². The Morgan fingerprint density at radius 3 is 2.47 bits per heavy atom. The summed E-state index contributed by atoms with van der Waals surface area (Å²) in [6.07, 6.45) is 3.16. The Labute approximate surface area is 112 Å². The van der Waals surface area contributed by atoms with Crippen molar-refractivity contribution in [2.75, 3.05) is 0 Å². The lowest BCUT2D eigenvalue weighted by molar-refractivity contribution is 0.226.